The van der Waals surface area contributed by atoms with Crippen LogP contribution in [0.1, 0.15) is 37.6 Å². The highest BCUT2D eigenvalue weighted by Crippen LogP contribution is 2.18. The zero-order chi connectivity index (χ0) is 21.8. The molecule has 0 aliphatic rings. The number of amides is 1. The quantitative estimate of drug-likeness (QED) is 0.399. The molecule has 0 radical (unpaired) electrons. The molecule has 0 bridgehead atoms. The fraction of sp³-hybridized carbons (Fsp3) is 0.391. The van der Waals surface area contributed by atoms with Crippen LogP contribution in [0.25, 0.3) is 0 Å². The maximum Gasteiger partial charge on any atom is 0.257 e. The van der Waals surface area contributed by atoms with Crippen LogP contribution in [-0.4, -0.2) is 37.4 Å². The summed E-state index contributed by atoms with van der Waals surface area (Å²) in [5.74, 6) is 1.63. The van der Waals surface area contributed by atoms with Gasteiger partial charge in [-0.25, -0.2) is 0 Å². The summed E-state index contributed by atoms with van der Waals surface area (Å²) >= 11 is 5.28. The summed E-state index contributed by atoms with van der Waals surface area (Å²) in [4.78, 5) is 12.5. The van der Waals surface area contributed by atoms with Crippen molar-refractivity contribution in [3.05, 3.63) is 54.1 Å². The Kier molecular flexibility index (Phi) is 10.1. The van der Waals surface area contributed by atoms with Crippen molar-refractivity contribution in [2.45, 2.75) is 27.2 Å². The molecule has 30 heavy (non-hydrogen) atoms. The monoisotopic (exact) mass is 430 g/mol. The fourth-order valence-electron chi connectivity index (χ4n) is 2.50. The first-order valence-electron chi connectivity index (χ1n) is 10.1. The number of hydrogen-bond acceptors (Lipinski definition) is 5. The molecule has 1 amide bonds. The van der Waals surface area contributed by atoms with E-state index in [0.29, 0.717) is 43.7 Å². The first kappa shape index (κ1) is 23.6. The SMILES string of the molecule is CCOCCOc1cccc(C(=O)NC(=S)Nc2cccc(OCCC(C)C)c2)c1. The molecule has 0 aromatic heterocycles. The van der Waals surface area contributed by atoms with Gasteiger partial charge in [0.15, 0.2) is 5.11 Å². The number of rotatable bonds is 11. The largest absolute Gasteiger partial charge is 0.494 e. The van der Waals surface area contributed by atoms with Crippen LogP contribution in [0.3, 0.4) is 0 Å². The Morgan fingerprint density at radius 1 is 1.00 bits per heavy atom. The lowest BCUT2D eigenvalue weighted by molar-refractivity contribution is 0.0976. The van der Waals surface area contributed by atoms with Crippen LogP contribution in [-0.2, 0) is 4.74 Å². The Morgan fingerprint density at radius 3 is 2.43 bits per heavy atom. The second-order valence-corrected chi connectivity index (χ2v) is 7.45. The summed E-state index contributed by atoms with van der Waals surface area (Å²) in [6.07, 6.45) is 0.987. The maximum atomic E-state index is 12.5. The van der Waals surface area contributed by atoms with Gasteiger partial charge in [0.2, 0.25) is 0 Å². The third kappa shape index (κ3) is 8.80. The molecule has 0 aliphatic carbocycles. The van der Waals surface area contributed by atoms with Crippen molar-refractivity contribution in [1.82, 2.24) is 5.32 Å². The third-order valence-electron chi connectivity index (χ3n) is 4.08. The van der Waals surface area contributed by atoms with Crippen LogP contribution >= 0.6 is 12.2 Å². The molecule has 0 spiro atoms. The van der Waals surface area contributed by atoms with E-state index >= 15 is 0 Å². The third-order valence-corrected chi connectivity index (χ3v) is 4.28. The summed E-state index contributed by atoms with van der Waals surface area (Å²) in [5.41, 5.74) is 1.20. The van der Waals surface area contributed by atoms with E-state index < -0.39 is 0 Å². The van der Waals surface area contributed by atoms with Crippen LogP contribution in [0.15, 0.2) is 48.5 Å². The summed E-state index contributed by atoms with van der Waals surface area (Å²) in [6.45, 7) is 8.47. The highest BCUT2D eigenvalue weighted by atomic mass is 32.1. The number of hydrogen-bond donors (Lipinski definition) is 2. The molecule has 2 aromatic rings. The second-order valence-electron chi connectivity index (χ2n) is 7.04. The topological polar surface area (TPSA) is 68.8 Å². The van der Waals surface area contributed by atoms with Gasteiger partial charge in [-0.1, -0.05) is 26.0 Å². The Labute approximate surface area is 183 Å². The van der Waals surface area contributed by atoms with E-state index in [9.17, 15) is 4.79 Å². The molecule has 162 valence electrons. The highest BCUT2D eigenvalue weighted by Gasteiger charge is 2.10. The molecule has 0 unspecified atom stereocenters. The van der Waals surface area contributed by atoms with Crippen molar-refractivity contribution >= 4 is 28.9 Å². The van der Waals surface area contributed by atoms with Crippen molar-refractivity contribution in [2.24, 2.45) is 5.92 Å². The number of carbonyl (C=O) groups is 1. The molecule has 2 rings (SSSR count). The van der Waals surface area contributed by atoms with Gasteiger partial charge in [-0.2, -0.15) is 0 Å². The van der Waals surface area contributed by atoms with Crippen LogP contribution in [0.5, 0.6) is 11.5 Å². The van der Waals surface area contributed by atoms with Crippen LogP contribution in [0, 0.1) is 5.92 Å². The standard InChI is InChI=1S/C23H30N2O4S/c1-4-27-13-14-29-20-9-5-7-18(15-20)22(26)25-23(30)24-19-8-6-10-21(16-19)28-12-11-17(2)3/h5-10,15-17H,4,11-14H2,1-3H3,(H2,24,25,26,30). The minimum absolute atomic E-state index is 0.210. The lowest BCUT2D eigenvalue weighted by atomic mass is 10.1. The highest BCUT2D eigenvalue weighted by molar-refractivity contribution is 7.80. The van der Waals surface area contributed by atoms with Gasteiger partial charge in [0.05, 0.1) is 13.2 Å². The Balaban J connectivity index is 1.86. The Hall–Kier alpha value is -2.64. The molecule has 0 aliphatic heterocycles. The van der Waals surface area contributed by atoms with Crippen molar-refractivity contribution in [1.29, 1.82) is 0 Å². The van der Waals surface area contributed by atoms with Crippen LogP contribution < -0.4 is 20.1 Å². The minimum atomic E-state index is -0.313. The summed E-state index contributed by atoms with van der Waals surface area (Å²) in [5, 5.41) is 5.91. The number of carbonyl (C=O) groups excluding carboxylic acids is 1. The molecule has 7 heteroatoms. The van der Waals surface area contributed by atoms with Crippen LogP contribution in [0.4, 0.5) is 5.69 Å². The summed E-state index contributed by atoms with van der Waals surface area (Å²) in [7, 11) is 0. The van der Waals surface area contributed by atoms with Gasteiger partial charge in [0.25, 0.3) is 5.91 Å². The van der Waals surface area contributed by atoms with Gasteiger partial charge in [-0.15, -0.1) is 0 Å². The molecular formula is C23H30N2O4S. The van der Waals surface area contributed by atoms with E-state index in [2.05, 4.69) is 24.5 Å². The second kappa shape index (κ2) is 12.8. The number of anilines is 1. The van der Waals surface area contributed by atoms with Gasteiger partial charge < -0.3 is 19.5 Å². The zero-order valence-electron chi connectivity index (χ0n) is 17.8. The molecule has 0 atom stereocenters. The average molecular weight is 431 g/mol. The molecule has 0 saturated heterocycles. The Morgan fingerprint density at radius 2 is 1.70 bits per heavy atom. The smallest absolute Gasteiger partial charge is 0.257 e. The lowest BCUT2D eigenvalue weighted by Gasteiger charge is -2.12. The van der Waals surface area contributed by atoms with Gasteiger partial charge >= 0.3 is 0 Å². The van der Waals surface area contributed by atoms with Gasteiger partial charge in [-0.05, 0) is 61.8 Å². The molecule has 2 aromatic carbocycles. The van der Waals surface area contributed by atoms with E-state index in [-0.39, 0.29) is 11.0 Å². The summed E-state index contributed by atoms with van der Waals surface area (Å²) < 4.78 is 16.6. The van der Waals surface area contributed by atoms with E-state index in [1.165, 1.54) is 0 Å². The number of nitrogens with one attached hydrogen (secondary N) is 2. The summed E-state index contributed by atoms with van der Waals surface area (Å²) in [6, 6.07) is 14.4. The first-order chi connectivity index (χ1) is 14.5. The predicted molar refractivity (Wildman–Crippen MR) is 124 cm³/mol. The lowest BCUT2D eigenvalue weighted by Crippen LogP contribution is -2.34. The van der Waals surface area contributed by atoms with E-state index in [1.807, 2.05) is 31.2 Å². The molecule has 0 saturated carbocycles. The maximum absolute atomic E-state index is 12.5. The number of thiocarbonyl (C=S) groups is 1. The fourth-order valence-corrected chi connectivity index (χ4v) is 2.71. The van der Waals surface area contributed by atoms with E-state index in [0.717, 1.165) is 17.9 Å². The molecule has 0 fully saturated rings. The Bertz CT molecular complexity index is 826. The van der Waals surface area contributed by atoms with Crippen molar-refractivity contribution < 1.29 is 19.0 Å². The first-order valence-corrected chi connectivity index (χ1v) is 10.5. The van der Waals surface area contributed by atoms with Crippen molar-refractivity contribution in [3.63, 3.8) is 0 Å². The molecule has 0 heterocycles. The van der Waals surface area contributed by atoms with Gasteiger partial charge in [-0.3, -0.25) is 10.1 Å². The minimum Gasteiger partial charge on any atom is -0.494 e. The van der Waals surface area contributed by atoms with Crippen molar-refractivity contribution in [2.75, 3.05) is 31.7 Å². The molecule has 2 N–H and O–H groups in total. The predicted octanol–water partition coefficient (Wildman–Crippen LogP) is 4.65. The van der Waals surface area contributed by atoms with E-state index in [4.69, 9.17) is 26.4 Å². The van der Waals surface area contributed by atoms with Crippen molar-refractivity contribution in [3.8, 4) is 11.5 Å². The van der Waals surface area contributed by atoms with E-state index in [1.54, 1.807) is 24.3 Å². The number of ether oxygens (including phenoxy) is 3. The van der Waals surface area contributed by atoms with Gasteiger partial charge in [0.1, 0.15) is 18.1 Å². The van der Waals surface area contributed by atoms with Gasteiger partial charge in [0, 0.05) is 23.9 Å². The molecule has 6 nitrogen and oxygen atoms in total. The number of benzene rings is 2. The molecular weight excluding hydrogens is 400 g/mol. The average Bonchev–Trinajstić information content (AvgIpc) is 2.71. The van der Waals surface area contributed by atoms with Crippen LogP contribution in [0.2, 0.25) is 0 Å². The normalized spacial score (nSPS) is 10.5. The zero-order valence-corrected chi connectivity index (χ0v) is 18.6.